The summed E-state index contributed by atoms with van der Waals surface area (Å²) < 4.78 is 32.9. The summed E-state index contributed by atoms with van der Waals surface area (Å²) in [4.78, 5) is 24.6. The van der Waals surface area contributed by atoms with E-state index in [1.807, 2.05) is 10.9 Å². The van der Waals surface area contributed by atoms with Crippen LogP contribution in [0.5, 0.6) is 0 Å². The van der Waals surface area contributed by atoms with Crippen LogP contribution < -0.4 is 0 Å². The van der Waals surface area contributed by atoms with E-state index < -0.39 is 29.3 Å². The highest BCUT2D eigenvalue weighted by Gasteiger charge is 2.64. The molecule has 220 valence electrons. The summed E-state index contributed by atoms with van der Waals surface area (Å²) in [6, 6.07) is 5.45. The number of hydrogen-bond acceptors (Lipinski definition) is 6. The lowest BCUT2D eigenvalue weighted by Gasteiger charge is -2.61. The molecular weight excluding hydrogens is 546 g/mol. The molecule has 0 amide bonds. The van der Waals surface area contributed by atoms with E-state index in [4.69, 9.17) is 4.74 Å². The molecule has 4 aliphatic carbocycles. The molecule has 0 aliphatic heterocycles. The van der Waals surface area contributed by atoms with Crippen LogP contribution in [0, 0.1) is 52.2 Å². The SMILES string of the molecule is CC(C(=O)OC(=O)SCF)[C@H]1CC[C@H]2[C@@H]3C[C@H](C)C4=Cc5c(cnn5-c5ccc(F)cc5)C[C@]4(C)C3[C@@H](O)C[C@]12C. The zero-order valence-corrected chi connectivity index (χ0v) is 24.8. The summed E-state index contributed by atoms with van der Waals surface area (Å²) >= 11 is 0.348. The van der Waals surface area contributed by atoms with Gasteiger partial charge < -0.3 is 9.84 Å². The third-order valence-electron chi connectivity index (χ3n) is 11.2. The van der Waals surface area contributed by atoms with Crippen molar-refractivity contribution in [2.45, 2.75) is 65.9 Å². The average Bonchev–Trinajstić information content (AvgIpc) is 3.47. The second-order valence-corrected chi connectivity index (χ2v) is 14.1. The van der Waals surface area contributed by atoms with Crippen LogP contribution in [-0.2, 0) is 16.0 Å². The summed E-state index contributed by atoms with van der Waals surface area (Å²) in [5, 5.41) is 15.7. The van der Waals surface area contributed by atoms with Gasteiger partial charge in [-0.15, -0.1) is 0 Å². The fourth-order valence-corrected chi connectivity index (χ4v) is 9.92. The van der Waals surface area contributed by atoms with E-state index in [9.17, 15) is 23.5 Å². The largest absolute Gasteiger partial charge is 0.393 e. The number of fused-ring (bicyclic) bond motifs is 6. The summed E-state index contributed by atoms with van der Waals surface area (Å²) in [6.07, 6.45) is 7.76. The van der Waals surface area contributed by atoms with Crippen molar-refractivity contribution in [2.75, 3.05) is 6.01 Å². The second kappa shape index (κ2) is 10.3. The third-order valence-corrected chi connectivity index (χ3v) is 11.6. The van der Waals surface area contributed by atoms with Crippen molar-refractivity contribution in [1.29, 1.82) is 0 Å². The van der Waals surface area contributed by atoms with Gasteiger partial charge in [0.2, 0.25) is 0 Å². The molecule has 3 fully saturated rings. The van der Waals surface area contributed by atoms with Crippen molar-refractivity contribution in [2.24, 2.45) is 46.3 Å². The van der Waals surface area contributed by atoms with E-state index >= 15 is 0 Å². The Kier molecular flexibility index (Phi) is 7.21. The average molecular weight is 585 g/mol. The van der Waals surface area contributed by atoms with E-state index in [1.54, 1.807) is 19.1 Å². The van der Waals surface area contributed by atoms with Crippen molar-refractivity contribution >= 4 is 29.1 Å². The Morgan fingerprint density at radius 2 is 1.98 bits per heavy atom. The van der Waals surface area contributed by atoms with Gasteiger partial charge >= 0.3 is 11.3 Å². The molecule has 4 aliphatic rings. The first-order valence-electron chi connectivity index (χ1n) is 14.6. The molecule has 0 spiro atoms. The summed E-state index contributed by atoms with van der Waals surface area (Å²) in [6.45, 7) is 8.60. The van der Waals surface area contributed by atoms with E-state index in [2.05, 4.69) is 31.9 Å². The van der Waals surface area contributed by atoms with Gasteiger partial charge in [-0.1, -0.05) is 33.3 Å². The number of benzene rings is 1. The highest BCUT2D eigenvalue weighted by molar-refractivity contribution is 8.13. The Balaban J connectivity index is 1.29. The number of thioether (sulfide) groups is 1. The number of esters is 1. The van der Waals surface area contributed by atoms with Crippen LogP contribution in [0.25, 0.3) is 11.8 Å². The number of rotatable bonds is 4. The summed E-state index contributed by atoms with van der Waals surface area (Å²) in [5.41, 5.74) is 3.82. The first-order valence-corrected chi connectivity index (χ1v) is 15.6. The predicted octanol–water partition coefficient (Wildman–Crippen LogP) is 6.99. The number of nitrogens with zero attached hydrogens (tertiary/aromatic N) is 2. The number of alkyl halides is 1. The van der Waals surface area contributed by atoms with Crippen LogP contribution in [0.4, 0.5) is 13.6 Å². The normalized spacial score (nSPS) is 36.3. The Hall–Kier alpha value is -2.52. The van der Waals surface area contributed by atoms with Gasteiger partial charge in [0.05, 0.1) is 29.6 Å². The number of aromatic nitrogens is 2. The van der Waals surface area contributed by atoms with Crippen LogP contribution >= 0.6 is 11.8 Å². The van der Waals surface area contributed by atoms with Gasteiger partial charge in [-0.3, -0.25) is 4.79 Å². The van der Waals surface area contributed by atoms with Crippen LogP contribution in [0.2, 0.25) is 0 Å². The van der Waals surface area contributed by atoms with Crippen LogP contribution in [0.15, 0.2) is 36.0 Å². The van der Waals surface area contributed by atoms with Crippen molar-refractivity contribution in [3.05, 3.63) is 53.1 Å². The first kappa shape index (κ1) is 28.6. The van der Waals surface area contributed by atoms with Gasteiger partial charge in [0.15, 0.2) is 0 Å². The van der Waals surface area contributed by atoms with Crippen LogP contribution in [0.1, 0.15) is 64.6 Å². The number of carbonyl (C=O) groups excluding carboxylic acids is 2. The molecule has 41 heavy (non-hydrogen) atoms. The molecule has 9 heteroatoms. The minimum atomic E-state index is -0.930. The standard InChI is InChI=1S/C32H38F2N2O4S/c1-17-11-22-24-10-9-23(18(2)29(38)40-30(39)41-16-33)31(24,3)14-27(37)28(22)32(4)13-19-15-35-36(26(19)12-25(17)32)21-7-5-20(34)6-8-21/h5-8,12,15,17-18,22-24,27-28,37H,9-11,13-14,16H2,1-4H3/t17-,18?,22-,23+,24-,27-,28?,31+,32-/m0/s1. The van der Waals surface area contributed by atoms with Crippen LogP contribution in [0.3, 0.4) is 0 Å². The molecule has 6 rings (SSSR count). The minimum Gasteiger partial charge on any atom is -0.393 e. The first-order chi connectivity index (χ1) is 19.5. The Labute approximate surface area is 243 Å². The minimum absolute atomic E-state index is 0.0225. The van der Waals surface area contributed by atoms with Gasteiger partial charge in [-0.2, -0.15) is 5.10 Å². The smallest absolute Gasteiger partial charge is 0.377 e. The van der Waals surface area contributed by atoms with Gasteiger partial charge in [0, 0.05) is 0 Å². The molecule has 2 unspecified atom stereocenters. The van der Waals surface area contributed by atoms with E-state index in [-0.39, 0.29) is 28.5 Å². The lowest BCUT2D eigenvalue weighted by molar-refractivity contribution is -0.153. The number of hydrogen-bond donors (Lipinski definition) is 1. The topological polar surface area (TPSA) is 81.4 Å². The monoisotopic (exact) mass is 584 g/mol. The molecule has 1 N–H and O–H groups in total. The number of aliphatic hydroxyl groups is 1. The van der Waals surface area contributed by atoms with E-state index in [1.165, 1.54) is 17.7 Å². The number of ether oxygens (including phenoxy) is 1. The maximum atomic E-state index is 13.6. The lowest BCUT2D eigenvalue weighted by Crippen LogP contribution is -2.58. The van der Waals surface area contributed by atoms with Crippen molar-refractivity contribution in [3.8, 4) is 5.69 Å². The molecule has 1 aromatic carbocycles. The fraction of sp³-hybridized carbons (Fsp3) is 0.594. The zero-order chi connectivity index (χ0) is 29.3. The van der Waals surface area contributed by atoms with E-state index in [0.29, 0.717) is 35.9 Å². The molecular formula is C32H38F2N2O4S. The predicted molar refractivity (Wildman–Crippen MR) is 153 cm³/mol. The molecule has 3 saturated carbocycles. The Bertz CT molecular complexity index is 1390. The number of allylic oxidation sites excluding steroid dienone is 1. The van der Waals surface area contributed by atoms with Crippen molar-refractivity contribution in [1.82, 2.24) is 9.78 Å². The number of halogens is 2. The number of aliphatic hydroxyl groups excluding tert-OH is 1. The molecule has 0 bridgehead atoms. The summed E-state index contributed by atoms with van der Waals surface area (Å²) in [7, 11) is 0. The molecule has 9 atom stereocenters. The lowest BCUT2D eigenvalue weighted by atomic mass is 9.44. The van der Waals surface area contributed by atoms with Crippen molar-refractivity contribution in [3.63, 3.8) is 0 Å². The highest BCUT2D eigenvalue weighted by Crippen LogP contribution is 2.68. The molecule has 1 aromatic heterocycles. The molecule has 2 aromatic rings. The number of carbonyl (C=O) groups is 2. The quantitative estimate of drug-likeness (QED) is 0.308. The maximum Gasteiger partial charge on any atom is 0.377 e. The molecule has 1 heterocycles. The van der Waals surface area contributed by atoms with Gasteiger partial charge in [0.1, 0.15) is 11.8 Å². The fourth-order valence-electron chi connectivity index (χ4n) is 9.69. The molecule has 6 nitrogen and oxygen atoms in total. The highest BCUT2D eigenvalue weighted by atomic mass is 32.2. The molecule has 0 radical (unpaired) electrons. The maximum absolute atomic E-state index is 13.6. The second-order valence-electron chi connectivity index (χ2n) is 13.2. The van der Waals surface area contributed by atoms with E-state index in [0.717, 1.165) is 42.6 Å². The Morgan fingerprint density at radius 3 is 2.68 bits per heavy atom. The zero-order valence-electron chi connectivity index (χ0n) is 24.0. The molecule has 0 saturated heterocycles. The summed E-state index contributed by atoms with van der Waals surface area (Å²) in [5.74, 6) is -0.401. The van der Waals surface area contributed by atoms with Crippen LogP contribution in [-0.4, -0.2) is 38.3 Å². The van der Waals surface area contributed by atoms with Gasteiger partial charge in [-0.25, -0.2) is 18.3 Å². The third kappa shape index (κ3) is 4.49. The van der Waals surface area contributed by atoms with Crippen molar-refractivity contribution < 1.29 is 28.2 Å². The van der Waals surface area contributed by atoms with Gasteiger partial charge in [0.25, 0.3) is 0 Å². The van der Waals surface area contributed by atoms with Gasteiger partial charge in [-0.05, 0) is 120 Å². The Morgan fingerprint density at radius 1 is 1.24 bits per heavy atom.